The number of halogens is 2. The molecule has 2 amide bonds. The summed E-state index contributed by atoms with van der Waals surface area (Å²) < 4.78 is 23.1. The highest BCUT2D eigenvalue weighted by Crippen LogP contribution is 2.43. The summed E-state index contributed by atoms with van der Waals surface area (Å²) in [6.07, 6.45) is 1.37. The lowest BCUT2D eigenvalue weighted by molar-refractivity contribution is -0.119. The fourth-order valence-corrected chi connectivity index (χ4v) is 6.69. The highest BCUT2D eigenvalue weighted by atomic mass is 35.5. The van der Waals surface area contributed by atoms with E-state index in [4.69, 9.17) is 21.3 Å². The molecule has 2 aliphatic rings. The molecule has 2 aromatic carbocycles. The monoisotopic (exact) mass is 660 g/mol. The number of pyridine rings is 1. The van der Waals surface area contributed by atoms with E-state index in [1.54, 1.807) is 12.1 Å². The first-order valence-corrected chi connectivity index (χ1v) is 15.6. The molecule has 0 spiro atoms. The second-order valence-electron chi connectivity index (χ2n) is 11.9. The van der Waals surface area contributed by atoms with Gasteiger partial charge in [0.25, 0.3) is 11.5 Å². The number of amides is 2. The number of anilines is 1. The SMILES string of the molecule is COc1nc(-c2cccc(-c3cccc(NC(=O)c4cn(C)c(=O)n(C)c4=O)c3C)c2Cl)cc2c1C(NCC1CCC(=O)N1)C(F)C2. The number of aromatic nitrogens is 3. The lowest BCUT2D eigenvalue weighted by Gasteiger charge is -2.21. The zero-order valence-corrected chi connectivity index (χ0v) is 27.1. The minimum Gasteiger partial charge on any atom is -0.481 e. The van der Waals surface area contributed by atoms with Crippen LogP contribution in [0, 0.1) is 6.92 Å². The Morgan fingerprint density at radius 2 is 1.85 bits per heavy atom. The van der Waals surface area contributed by atoms with E-state index < -0.39 is 29.4 Å². The number of ether oxygens (including phenoxy) is 1. The van der Waals surface area contributed by atoms with Crippen LogP contribution in [0.25, 0.3) is 22.4 Å². The molecule has 11 nitrogen and oxygen atoms in total. The molecule has 4 aromatic rings. The first kappa shape index (κ1) is 32.1. The van der Waals surface area contributed by atoms with Gasteiger partial charge in [0.1, 0.15) is 11.7 Å². The normalized spacial score (nSPS) is 18.6. The fraction of sp³-hybridized carbons (Fsp3) is 0.324. The van der Waals surface area contributed by atoms with Gasteiger partial charge in [0.2, 0.25) is 11.8 Å². The van der Waals surface area contributed by atoms with Gasteiger partial charge in [-0.2, -0.15) is 0 Å². The number of hydrogen-bond acceptors (Lipinski definition) is 7. The number of methoxy groups -OCH3 is 1. The maximum atomic E-state index is 15.4. The third-order valence-electron chi connectivity index (χ3n) is 8.90. The van der Waals surface area contributed by atoms with Gasteiger partial charge < -0.3 is 25.3 Å². The van der Waals surface area contributed by atoms with E-state index in [0.717, 1.165) is 15.7 Å². The van der Waals surface area contributed by atoms with Crippen molar-refractivity contribution in [3.63, 3.8) is 0 Å². The Hall–Kier alpha value is -4.81. The van der Waals surface area contributed by atoms with E-state index in [9.17, 15) is 19.2 Å². The Bertz CT molecular complexity index is 2040. The smallest absolute Gasteiger partial charge is 0.330 e. The van der Waals surface area contributed by atoms with Crippen molar-refractivity contribution in [2.75, 3.05) is 19.0 Å². The molecule has 3 N–H and O–H groups in total. The molecule has 1 aliphatic heterocycles. The van der Waals surface area contributed by atoms with E-state index in [-0.39, 0.29) is 23.9 Å². The Morgan fingerprint density at radius 1 is 1.13 bits per heavy atom. The highest BCUT2D eigenvalue weighted by molar-refractivity contribution is 6.36. The molecule has 0 saturated carbocycles. The molecule has 0 bridgehead atoms. The van der Waals surface area contributed by atoms with Crippen LogP contribution in [0.1, 0.15) is 45.9 Å². The molecule has 6 rings (SSSR count). The number of alkyl halides is 1. The van der Waals surface area contributed by atoms with Crippen LogP contribution in [0.15, 0.2) is 58.3 Å². The van der Waals surface area contributed by atoms with Crippen molar-refractivity contribution in [1.29, 1.82) is 0 Å². The third kappa shape index (κ3) is 5.94. The van der Waals surface area contributed by atoms with Crippen LogP contribution in [0.2, 0.25) is 5.02 Å². The van der Waals surface area contributed by atoms with Crippen LogP contribution >= 0.6 is 11.6 Å². The molecular weight excluding hydrogens is 627 g/mol. The summed E-state index contributed by atoms with van der Waals surface area (Å²) in [5.41, 5.74) is 3.75. The third-order valence-corrected chi connectivity index (χ3v) is 9.30. The molecule has 1 fully saturated rings. The Kier molecular flexibility index (Phi) is 8.73. The predicted molar refractivity (Wildman–Crippen MR) is 177 cm³/mol. The minimum atomic E-state index is -1.20. The molecule has 1 saturated heterocycles. The highest BCUT2D eigenvalue weighted by Gasteiger charge is 2.37. The van der Waals surface area contributed by atoms with E-state index in [0.29, 0.717) is 63.9 Å². The summed E-state index contributed by atoms with van der Waals surface area (Å²) in [6.45, 7) is 2.27. The van der Waals surface area contributed by atoms with Crippen molar-refractivity contribution in [3.8, 4) is 28.3 Å². The summed E-state index contributed by atoms with van der Waals surface area (Å²) in [5.74, 6) is -0.344. The van der Waals surface area contributed by atoms with Crippen molar-refractivity contribution >= 4 is 29.1 Å². The zero-order valence-electron chi connectivity index (χ0n) is 26.3. The topological polar surface area (TPSA) is 136 Å². The maximum absolute atomic E-state index is 15.4. The van der Waals surface area contributed by atoms with Crippen LogP contribution in [0.4, 0.5) is 10.1 Å². The minimum absolute atomic E-state index is 0.00322. The van der Waals surface area contributed by atoms with Crippen molar-refractivity contribution in [3.05, 3.63) is 96.8 Å². The number of carbonyl (C=O) groups is 2. The van der Waals surface area contributed by atoms with Gasteiger partial charge in [-0.05, 0) is 42.2 Å². The Morgan fingerprint density at radius 3 is 2.57 bits per heavy atom. The van der Waals surface area contributed by atoms with Gasteiger partial charge in [0.05, 0.1) is 23.9 Å². The molecule has 1 aliphatic carbocycles. The van der Waals surface area contributed by atoms with Crippen LogP contribution < -0.4 is 31.9 Å². The average molecular weight is 661 g/mol. The lowest BCUT2D eigenvalue weighted by Crippen LogP contribution is -2.40. The number of nitrogens with zero attached hydrogens (tertiary/aromatic N) is 3. The molecule has 2 aromatic heterocycles. The van der Waals surface area contributed by atoms with Crippen LogP contribution in [-0.2, 0) is 25.3 Å². The Labute approximate surface area is 274 Å². The molecule has 13 heteroatoms. The molecule has 3 heterocycles. The summed E-state index contributed by atoms with van der Waals surface area (Å²) in [7, 11) is 4.28. The summed E-state index contributed by atoms with van der Waals surface area (Å²) in [5, 5.41) is 9.38. The van der Waals surface area contributed by atoms with E-state index in [1.807, 2.05) is 37.3 Å². The van der Waals surface area contributed by atoms with Gasteiger partial charge in [-0.15, -0.1) is 0 Å². The maximum Gasteiger partial charge on any atom is 0.330 e. The predicted octanol–water partition coefficient (Wildman–Crippen LogP) is 3.84. The van der Waals surface area contributed by atoms with E-state index in [2.05, 4.69) is 16.0 Å². The second kappa shape index (κ2) is 12.8. The molecular formula is C34H34ClFN6O5. The van der Waals surface area contributed by atoms with Gasteiger partial charge in [-0.3, -0.25) is 19.0 Å². The first-order valence-electron chi connectivity index (χ1n) is 15.2. The van der Waals surface area contributed by atoms with Gasteiger partial charge in [0, 0.05) is 68.1 Å². The number of benzene rings is 2. The Balaban J connectivity index is 1.31. The van der Waals surface area contributed by atoms with Crippen molar-refractivity contribution in [1.82, 2.24) is 24.8 Å². The largest absolute Gasteiger partial charge is 0.481 e. The standard InChI is InChI=1S/C34H34ClFN6O5/c1-17-20(7-6-10-25(17)39-31(44)23-16-41(2)34(46)42(3)33(23)45)21-8-5-9-22(29(21)35)26-14-18-13-24(36)30(28(18)32(40-26)47-4)37-15-19-11-12-27(43)38-19/h5-10,14,16,19,24,30,37H,11-13,15H2,1-4H3,(H,38,43)(H,39,44). The van der Waals surface area contributed by atoms with Gasteiger partial charge >= 0.3 is 5.69 Å². The molecule has 3 unspecified atom stereocenters. The van der Waals surface area contributed by atoms with Crippen molar-refractivity contribution < 1.29 is 18.7 Å². The fourth-order valence-electron chi connectivity index (χ4n) is 6.37. The average Bonchev–Trinajstić information content (AvgIpc) is 3.62. The van der Waals surface area contributed by atoms with Gasteiger partial charge in [0.15, 0.2) is 0 Å². The number of nitrogens with one attached hydrogen (secondary N) is 3. The number of carbonyl (C=O) groups excluding carboxylic acids is 2. The second-order valence-corrected chi connectivity index (χ2v) is 12.3. The van der Waals surface area contributed by atoms with E-state index in [1.165, 1.54) is 32.0 Å². The molecule has 3 atom stereocenters. The number of hydrogen-bond donors (Lipinski definition) is 3. The number of fused-ring (bicyclic) bond motifs is 1. The van der Waals surface area contributed by atoms with Crippen LogP contribution in [0.5, 0.6) is 5.88 Å². The van der Waals surface area contributed by atoms with Crippen LogP contribution in [-0.4, -0.2) is 51.8 Å². The van der Waals surface area contributed by atoms with Crippen LogP contribution in [0.3, 0.4) is 0 Å². The lowest BCUT2D eigenvalue weighted by atomic mass is 9.96. The van der Waals surface area contributed by atoms with Gasteiger partial charge in [-0.1, -0.05) is 41.9 Å². The number of rotatable bonds is 8. The summed E-state index contributed by atoms with van der Waals surface area (Å²) in [4.78, 5) is 54.2. The summed E-state index contributed by atoms with van der Waals surface area (Å²) in [6, 6.07) is 12.0. The summed E-state index contributed by atoms with van der Waals surface area (Å²) >= 11 is 7.05. The number of aryl methyl sites for hydroxylation is 1. The first-order chi connectivity index (χ1) is 22.5. The quantitative estimate of drug-likeness (QED) is 0.261. The molecule has 0 radical (unpaired) electrons. The zero-order chi connectivity index (χ0) is 33.6. The van der Waals surface area contributed by atoms with Crippen molar-refractivity contribution in [2.24, 2.45) is 14.1 Å². The van der Waals surface area contributed by atoms with E-state index >= 15 is 4.39 Å². The van der Waals surface area contributed by atoms with Crippen molar-refractivity contribution in [2.45, 2.75) is 44.4 Å². The molecule has 244 valence electrons. The molecule has 47 heavy (non-hydrogen) atoms. The van der Waals surface area contributed by atoms with Gasteiger partial charge in [-0.25, -0.2) is 14.2 Å².